The molecule has 0 saturated carbocycles. The number of hydrogen-bond donors (Lipinski definition) is 1. The van der Waals surface area contributed by atoms with E-state index in [4.69, 9.17) is 0 Å². The average molecular weight is 395 g/mol. The van der Waals surface area contributed by atoms with E-state index in [-0.39, 0.29) is 16.8 Å². The molecule has 0 spiro atoms. The van der Waals surface area contributed by atoms with Crippen molar-refractivity contribution in [3.05, 3.63) is 41.4 Å². The Morgan fingerprint density at radius 1 is 1.35 bits per heavy atom. The summed E-state index contributed by atoms with van der Waals surface area (Å²) in [4.78, 5) is 19.1. The first-order valence-corrected chi connectivity index (χ1v) is 10.7. The maximum Gasteiger partial charge on any atom is 0.251 e. The Balaban J connectivity index is 1.62. The maximum atomic E-state index is 12.4. The van der Waals surface area contributed by atoms with E-state index in [1.54, 1.807) is 29.7 Å². The molecular weight excluding hydrogens is 372 g/mol. The summed E-state index contributed by atoms with van der Waals surface area (Å²) in [7, 11) is -0.532. The minimum absolute atomic E-state index is 0.171. The fourth-order valence-electron chi connectivity index (χ4n) is 2.96. The summed E-state index contributed by atoms with van der Waals surface area (Å²) in [6.07, 6.45) is 3.88. The van der Waals surface area contributed by atoms with Gasteiger partial charge in [0.05, 0.1) is 4.90 Å². The molecule has 0 bridgehead atoms. The van der Waals surface area contributed by atoms with Crippen LogP contribution in [0.5, 0.6) is 0 Å². The lowest BCUT2D eigenvalue weighted by molar-refractivity contribution is 0.0951. The first-order chi connectivity index (χ1) is 12.4. The highest BCUT2D eigenvalue weighted by Gasteiger charge is 2.26. The van der Waals surface area contributed by atoms with Gasteiger partial charge in [0.1, 0.15) is 0 Å². The van der Waals surface area contributed by atoms with Crippen LogP contribution in [0.25, 0.3) is 0 Å². The van der Waals surface area contributed by atoms with Gasteiger partial charge in [0, 0.05) is 50.4 Å². The van der Waals surface area contributed by atoms with Gasteiger partial charge in [-0.3, -0.25) is 4.79 Å². The molecule has 0 radical (unpaired) electrons. The van der Waals surface area contributed by atoms with Crippen molar-refractivity contribution in [2.75, 3.05) is 32.1 Å². The lowest BCUT2D eigenvalue weighted by atomic mass is 10.2. The molecule has 26 heavy (non-hydrogen) atoms. The van der Waals surface area contributed by atoms with Crippen LogP contribution in [0.4, 0.5) is 5.13 Å². The molecule has 1 aromatic carbocycles. The number of aromatic nitrogens is 1. The minimum Gasteiger partial charge on any atom is -0.350 e. The Bertz CT molecular complexity index is 849. The molecular formula is C17H22N4O3S2. The Labute approximate surface area is 157 Å². The monoisotopic (exact) mass is 394 g/mol. The van der Waals surface area contributed by atoms with Crippen molar-refractivity contribution in [3.8, 4) is 0 Å². The van der Waals surface area contributed by atoms with Crippen molar-refractivity contribution in [1.29, 1.82) is 0 Å². The van der Waals surface area contributed by atoms with Crippen LogP contribution in [0.15, 0.2) is 40.7 Å². The number of rotatable bonds is 6. The average Bonchev–Trinajstić information content (AvgIpc) is 3.30. The van der Waals surface area contributed by atoms with E-state index in [1.165, 1.54) is 26.2 Å². The second-order valence-corrected chi connectivity index (χ2v) is 9.35. The summed E-state index contributed by atoms with van der Waals surface area (Å²) in [5, 5.41) is 5.89. The molecule has 1 aliphatic heterocycles. The van der Waals surface area contributed by atoms with Crippen LogP contribution >= 0.6 is 11.3 Å². The van der Waals surface area contributed by atoms with Crippen LogP contribution in [0.1, 0.15) is 23.2 Å². The molecule has 1 fully saturated rings. The third kappa shape index (κ3) is 3.89. The molecule has 1 N–H and O–H groups in total. The van der Waals surface area contributed by atoms with Crippen LogP contribution in [0.3, 0.4) is 0 Å². The third-order valence-electron chi connectivity index (χ3n) is 4.44. The summed E-state index contributed by atoms with van der Waals surface area (Å²) >= 11 is 1.60. The first kappa shape index (κ1) is 18.8. The third-order valence-corrected chi connectivity index (χ3v) is 7.07. The number of sulfonamides is 1. The number of anilines is 1. The molecule has 1 aromatic heterocycles. The van der Waals surface area contributed by atoms with E-state index >= 15 is 0 Å². The normalized spacial score (nSPS) is 17.7. The summed E-state index contributed by atoms with van der Waals surface area (Å²) < 4.78 is 25.3. The van der Waals surface area contributed by atoms with Gasteiger partial charge in [-0.2, -0.15) is 0 Å². The van der Waals surface area contributed by atoms with Gasteiger partial charge in [-0.05, 0) is 37.1 Å². The molecule has 1 saturated heterocycles. The molecule has 9 heteroatoms. The molecule has 0 unspecified atom stereocenters. The predicted octanol–water partition coefficient (Wildman–Crippen LogP) is 1.79. The van der Waals surface area contributed by atoms with Crippen LogP contribution in [-0.4, -0.2) is 56.8 Å². The highest BCUT2D eigenvalue weighted by atomic mass is 32.2. The molecule has 2 heterocycles. The van der Waals surface area contributed by atoms with Gasteiger partial charge in [0.15, 0.2) is 5.13 Å². The van der Waals surface area contributed by atoms with Crippen molar-refractivity contribution in [1.82, 2.24) is 14.6 Å². The van der Waals surface area contributed by atoms with E-state index < -0.39 is 10.0 Å². The quantitative estimate of drug-likeness (QED) is 0.808. The van der Waals surface area contributed by atoms with Crippen LogP contribution < -0.4 is 10.2 Å². The molecule has 1 atom stereocenters. The Morgan fingerprint density at radius 2 is 2.08 bits per heavy atom. The zero-order valence-electron chi connectivity index (χ0n) is 14.8. The number of carbonyl (C=O) groups is 1. The van der Waals surface area contributed by atoms with Crippen LogP contribution in [-0.2, 0) is 10.0 Å². The lowest BCUT2D eigenvalue weighted by Crippen LogP contribution is -2.40. The van der Waals surface area contributed by atoms with Crippen LogP contribution in [0.2, 0.25) is 0 Å². The molecule has 1 amide bonds. The Kier molecular flexibility index (Phi) is 5.59. The standard InChI is InChI=1S/C17H22N4O3S2/c1-20(2)26(23,24)15-7-5-13(6-8-15)16(22)19-12-14-4-3-10-21(14)17-18-9-11-25-17/h5-9,11,14H,3-4,10,12H2,1-2H3,(H,19,22)/t14-/m0/s1. The fraction of sp³-hybridized carbons (Fsp3) is 0.412. The minimum atomic E-state index is -3.49. The summed E-state index contributed by atoms with van der Waals surface area (Å²) in [6.45, 7) is 1.49. The highest BCUT2D eigenvalue weighted by molar-refractivity contribution is 7.89. The maximum absolute atomic E-state index is 12.4. The number of hydrogen-bond acceptors (Lipinski definition) is 6. The van der Waals surface area contributed by atoms with Crippen molar-refractivity contribution >= 4 is 32.4 Å². The molecule has 1 aliphatic rings. The van der Waals surface area contributed by atoms with E-state index in [1.807, 2.05) is 5.38 Å². The van der Waals surface area contributed by atoms with E-state index in [2.05, 4.69) is 15.2 Å². The number of benzene rings is 1. The summed E-state index contributed by atoms with van der Waals surface area (Å²) in [5.74, 6) is -0.204. The summed E-state index contributed by atoms with van der Waals surface area (Å²) in [6, 6.07) is 6.24. The second-order valence-electron chi connectivity index (χ2n) is 6.33. The van der Waals surface area contributed by atoms with Gasteiger partial charge in [-0.25, -0.2) is 17.7 Å². The fourth-order valence-corrected chi connectivity index (χ4v) is 4.60. The summed E-state index contributed by atoms with van der Waals surface area (Å²) in [5.41, 5.74) is 0.446. The number of amides is 1. The second kappa shape index (κ2) is 7.73. The van der Waals surface area contributed by atoms with Crippen molar-refractivity contribution in [2.24, 2.45) is 0 Å². The Morgan fingerprint density at radius 3 is 2.69 bits per heavy atom. The molecule has 3 rings (SSSR count). The topological polar surface area (TPSA) is 82.6 Å². The van der Waals surface area contributed by atoms with E-state index in [9.17, 15) is 13.2 Å². The highest BCUT2D eigenvalue weighted by Crippen LogP contribution is 2.26. The molecule has 2 aromatic rings. The number of nitrogens with one attached hydrogen (secondary N) is 1. The van der Waals surface area contributed by atoms with Gasteiger partial charge in [-0.1, -0.05) is 0 Å². The van der Waals surface area contributed by atoms with Gasteiger partial charge >= 0.3 is 0 Å². The van der Waals surface area contributed by atoms with E-state index in [0.717, 1.165) is 28.8 Å². The largest absolute Gasteiger partial charge is 0.350 e. The molecule has 140 valence electrons. The molecule has 7 nitrogen and oxygen atoms in total. The Hall–Kier alpha value is -1.97. The molecule has 0 aliphatic carbocycles. The van der Waals surface area contributed by atoms with Crippen molar-refractivity contribution in [3.63, 3.8) is 0 Å². The van der Waals surface area contributed by atoms with Crippen molar-refractivity contribution in [2.45, 2.75) is 23.8 Å². The first-order valence-electron chi connectivity index (χ1n) is 8.36. The number of carbonyl (C=O) groups excluding carboxylic acids is 1. The lowest BCUT2D eigenvalue weighted by Gasteiger charge is -2.24. The van der Waals surface area contributed by atoms with Gasteiger partial charge in [0.2, 0.25) is 10.0 Å². The van der Waals surface area contributed by atoms with Crippen molar-refractivity contribution < 1.29 is 13.2 Å². The van der Waals surface area contributed by atoms with E-state index in [0.29, 0.717) is 12.1 Å². The number of thiazole rings is 1. The number of nitrogens with zero attached hydrogens (tertiary/aromatic N) is 3. The zero-order chi connectivity index (χ0) is 18.7. The zero-order valence-corrected chi connectivity index (χ0v) is 16.4. The van der Waals surface area contributed by atoms with Gasteiger partial charge in [0.25, 0.3) is 5.91 Å². The van der Waals surface area contributed by atoms with Crippen LogP contribution in [0, 0.1) is 0 Å². The SMILES string of the molecule is CN(C)S(=O)(=O)c1ccc(C(=O)NC[C@@H]2CCCN2c2nccs2)cc1. The smallest absolute Gasteiger partial charge is 0.251 e. The predicted molar refractivity (Wildman–Crippen MR) is 102 cm³/mol. The van der Waals surface area contributed by atoms with Gasteiger partial charge < -0.3 is 10.2 Å². The van der Waals surface area contributed by atoms with Gasteiger partial charge in [-0.15, -0.1) is 11.3 Å².